The molecular formula is C24H33FN2O3S2. The Labute approximate surface area is 194 Å². The summed E-state index contributed by atoms with van der Waals surface area (Å²) in [4.78, 5) is 15.6. The zero-order valence-corrected chi connectivity index (χ0v) is 21.5. The van der Waals surface area contributed by atoms with Crippen LogP contribution < -0.4 is 4.72 Å². The number of amides is 1. The fourth-order valence-electron chi connectivity index (χ4n) is 5.50. The van der Waals surface area contributed by atoms with Crippen molar-refractivity contribution in [3.63, 3.8) is 0 Å². The first-order valence-electron chi connectivity index (χ1n) is 11.2. The highest BCUT2D eigenvalue weighted by atomic mass is 32.2. The third-order valence-electron chi connectivity index (χ3n) is 7.80. The van der Waals surface area contributed by atoms with Crippen LogP contribution in [0.4, 0.5) is 4.39 Å². The Morgan fingerprint density at radius 1 is 1.31 bits per heavy atom. The van der Waals surface area contributed by atoms with E-state index in [-0.39, 0.29) is 21.6 Å². The molecule has 2 bridgehead atoms. The fraction of sp³-hybridized carbons (Fsp3) is 0.625. The third kappa shape index (κ3) is 3.68. The molecule has 1 N–H and O–H groups in total. The fourth-order valence-corrected chi connectivity index (χ4v) is 8.65. The molecule has 3 aliphatic rings. The van der Waals surface area contributed by atoms with Crippen LogP contribution in [0.25, 0.3) is 10.1 Å². The third-order valence-corrected chi connectivity index (χ3v) is 11.1. The van der Waals surface area contributed by atoms with Gasteiger partial charge in [0.2, 0.25) is 5.91 Å². The van der Waals surface area contributed by atoms with Gasteiger partial charge in [0.05, 0.1) is 0 Å². The molecule has 3 fully saturated rings. The Morgan fingerprint density at radius 2 is 1.97 bits per heavy atom. The quantitative estimate of drug-likeness (QED) is 0.674. The summed E-state index contributed by atoms with van der Waals surface area (Å²) in [7, 11) is -3.98. The smallest absolute Gasteiger partial charge is 0.251 e. The van der Waals surface area contributed by atoms with Gasteiger partial charge in [-0.2, -0.15) is 4.72 Å². The number of piperidine rings is 2. The van der Waals surface area contributed by atoms with Crippen LogP contribution in [-0.2, 0) is 14.8 Å². The van der Waals surface area contributed by atoms with Crippen molar-refractivity contribution < 1.29 is 17.6 Å². The molecule has 3 heterocycles. The first-order valence-corrected chi connectivity index (χ1v) is 13.5. The predicted octanol–water partition coefficient (Wildman–Crippen LogP) is 4.93. The minimum absolute atomic E-state index is 0.0749. The standard InChI is InChI=1S/C24H33FN2O3S2/c1-13-17-11-16(25)8-9-19(17)31-22(13)32(29,30)26-20(23(3,4)5)21(28)27-12-15-10-18(14(27)2)24(15,6)7/h8-9,11,14-15,18,20,26H,10,12H2,1-7H3/t14-,15?,18+,20-/m1/s1. The largest absolute Gasteiger partial charge is 0.338 e. The van der Waals surface area contributed by atoms with E-state index < -0.39 is 27.3 Å². The van der Waals surface area contributed by atoms with Gasteiger partial charge in [0.25, 0.3) is 10.0 Å². The number of sulfonamides is 1. The number of nitrogens with zero attached hydrogens (tertiary/aromatic N) is 1. The lowest BCUT2D eigenvalue weighted by atomic mass is 9.50. The summed E-state index contributed by atoms with van der Waals surface area (Å²) in [5.74, 6) is 0.314. The van der Waals surface area contributed by atoms with Crippen LogP contribution in [0.2, 0.25) is 0 Å². The van der Waals surface area contributed by atoms with Gasteiger partial charge in [-0.3, -0.25) is 4.79 Å². The maximum atomic E-state index is 13.7. The summed E-state index contributed by atoms with van der Waals surface area (Å²) in [5.41, 5.74) is 0.111. The Hall–Kier alpha value is -1.51. The molecule has 2 saturated heterocycles. The van der Waals surface area contributed by atoms with E-state index >= 15 is 0 Å². The van der Waals surface area contributed by atoms with Crippen molar-refractivity contribution in [2.24, 2.45) is 22.7 Å². The molecular weight excluding hydrogens is 447 g/mol. The van der Waals surface area contributed by atoms with Gasteiger partial charge in [0.15, 0.2) is 0 Å². The Kier molecular flexibility index (Phi) is 5.54. The van der Waals surface area contributed by atoms with Gasteiger partial charge < -0.3 is 4.90 Å². The van der Waals surface area contributed by atoms with Crippen LogP contribution in [0.15, 0.2) is 22.4 Å². The zero-order valence-electron chi connectivity index (χ0n) is 19.8. The molecule has 5 nitrogen and oxygen atoms in total. The lowest BCUT2D eigenvalue weighted by molar-refractivity contribution is -0.169. The Bertz CT molecular complexity index is 1180. The highest BCUT2D eigenvalue weighted by molar-refractivity contribution is 7.91. The van der Waals surface area contributed by atoms with Crippen molar-refractivity contribution in [2.75, 3.05) is 6.54 Å². The monoisotopic (exact) mass is 480 g/mol. The number of thiophene rings is 1. The molecule has 5 rings (SSSR count). The molecule has 176 valence electrons. The molecule has 4 atom stereocenters. The number of fused-ring (bicyclic) bond motifs is 3. The summed E-state index contributed by atoms with van der Waals surface area (Å²) < 4.78 is 44.2. The summed E-state index contributed by atoms with van der Waals surface area (Å²) in [6.45, 7) is 14.6. The van der Waals surface area contributed by atoms with E-state index in [2.05, 4.69) is 25.5 Å². The van der Waals surface area contributed by atoms with E-state index in [0.717, 1.165) is 17.8 Å². The molecule has 32 heavy (non-hydrogen) atoms. The number of halogens is 1. The molecule has 1 aliphatic carbocycles. The predicted molar refractivity (Wildman–Crippen MR) is 127 cm³/mol. The van der Waals surface area contributed by atoms with E-state index in [0.29, 0.717) is 34.0 Å². The number of hydrogen-bond donors (Lipinski definition) is 1. The molecule has 0 spiro atoms. The van der Waals surface area contributed by atoms with E-state index in [1.807, 2.05) is 25.7 Å². The lowest BCUT2D eigenvalue weighted by Crippen LogP contribution is -2.68. The van der Waals surface area contributed by atoms with Crippen LogP contribution in [0.1, 0.15) is 53.5 Å². The molecule has 0 radical (unpaired) electrons. The van der Waals surface area contributed by atoms with Crippen molar-refractivity contribution in [3.05, 3.63) is 29.6 Å². The second kappa shape index (κ2) is 7.50. The van der Waals surface area contributed by atoms with Crippen molar-refractivity contribution >= 4 is 37.4 Å². The first-order chi connectivity index (χ1) is 14.6. The number of aryl methyl sites for hydroxylation is 1. The second-order valence-corrected chi connectivity index (χ2v) is 14.1. The average Bonchev–Trinajstić information content (AvgIpc) is 3.01. The van der Waals surface area contributed by atoms with Gasteiger partial charge >= 0.3 is 0 Å². The van der Waals surface area contributed by atoms with E-state index in [1.54, 1.807) is 13.0 Å². The van der Waals surface area contributed by atoms with Crippen LogP contribution >= 0.6 is 11.3 Å². The molecule has 1 unspecified atom stereocenters. The van der Waals surface area contributed by atoms with Crippen LogP contribution in [0, 0.1) is 35.4 Å². The maximum absolute atomic E-state index is 13.7. The average molecular weight is 481 g/mol. The SMILES string of the molecule is Cc1c(S(=O)(=O)N[C@H](C(=O)N2CC3C[C@@H]([C@H]2C)C3(C)C)C(C)(C)C)sc2ccc(F)cc12. The van der Waals surface area contributed by atoms with Gasteiger partial charge in [-0.15, -0.1) is 11.3 Å². The molecule has 2 aliphatic heterocycles. The topological polar surface area (TPSA) is 66.5 Å². The number of nitrogens with one attached hydrogen (secondary N) is 1. The lowest BCUT2D eigenvalue weighted by Gasteiger charge is -2.63. The summed E-state index contributed by atoms with van der Waals surface area (Å²) in [6.07, 6.45) is 1.13. The van der Waals surface area contributed by atoms with E-state index in [1.165, 1.54) is 12.1 Å². The van der Waals surface area contributed by atoms with Crippen molar-refractivity contribution in [1.29, 1.82) is 0 Å². The van der Waals surface area contributed by atoms with Crippen molar-refractivity contribution in [2.45, 2.75) is 71.2 Å². The molecule has 1 aromatic heterocycles. The molecule has 1 amide bonds. The molecule has 2 aromatic rings. The van der Waals surface area contributed by atoms with Crippen LogP contribution in [0.3, 0.4) is 0 Å². The van der Waals surface area contributed by atoms with Gasteiger partial charge in [0, 0.05) is 17.3 Å². The first kappa shape index (κ1) is 23.6. The minimum atomic E-state index is -3.98. The summed E-state index contributed by atoms with van der Waals surface area (Å²) in [5, 5.41) is 0.584. The van der Waals surface area contributed by atoms with Gasteiger partial charge in [-0.25, -0.2) is 12.8 Å². The highest BCUT2D eigenvalue weighted by Gasteiger charge is 2.57. The van der Waals surface area contributed by atoms with E-state index in [9.17, 15) is 17.6 Å². The maximum Gasteiger partial charge on any atom is 0.251 e. The zero-order chi connectivity index (χ0) is 23.8. The van der Waals surface area contributed by atoms with E-state index in [4.69, 9.17) is 0 Å². The number of carbonyl (C=O) groups is 1. The number of carbonyl (C=O) groups excluding carboxylic acids is 1. The van der Waals surface area contributed by atoms with Gasteiger partial charge in [-0.1, -0.05) is 34.6 Å². The van der Waals surface area contributed by atoms with Crippen molar-refractivity contribution in [3.8, 4) is 0 Å². The molecule has 8 heteroatoms. The summed E-state index contributed by atoms with van der Waals surface area (Å²) >= 11 is 1.11. The van der Waals surface area contributed by atoms with Crippen LogP contribution in [-0.4, -0.2) is 37.9 Å². The van der Waals surface area contributed by atoms with Crippen LogP contribution in [0.5, 0.6) is 0 Å². The normalized spacial score (nSPS) is 26.1. The van der Waals surface area contributed by atoms with Gasteiger partial charge in [-0.05, 0) is 72.1 Å². The second-order valence-electron chi connectivity index (χ2n) is 11.2. The molecule has 1 saturated carbocycles. The number of benzene rings is 1. The Morgan fingerprint density at radius 3 is 2.53 bits per heavy atom. The van der Waals surface area contributed by atoms with Crippen molar-refractivity contribution in [1.82, 2.24) is 9.62 Å². The Balaban J connectivity index is 1.65. The number of rotatable bonds is 4. The number of hydrogen-bond acceptors (Lipinski definition) is 4. The minimum Gasteiger partial charge on any atom is -0.338 e. The summed E-state index contributed by atoms with van der Waals surface area (Å²) in [6, 6.07) is 3.46. The van der Waals surface area contributed by atoms with Gasteiger partial charge in [0.1, 0.15) is 16.1 Å². The molecule has 1 aromatic carbocycles. The highest BCUT2D eigenvalue weighted by Crippen LogP contribution is 2.57.